The van der Waals surface area contributed by atoms with E-state index in [4.69, 9.17) is 23.1 Å². The number of carbonyl (C=O) groups is 2. The second-order valence-electron chi connectivity index (χ2n) is 6.18. The molecule has 9 heteroatoms. The van der Waals surface area contributed by atoms with E-state index in [2.05, 4.69) is 15.3 Å². The number of amides is 1. The van der Waals surface area contributed by atoms with Gasteiger partial charge in [-0.2, -0.15) is 0 Å². The molecule has 0 bridgehead atoms. The highest BCUT2D eigenvalue weighted by Gasteiger charge is 2.25. The third kappa shape index (κ3) is 4.99. The second kappa shape index (κ2) is 8.88. The lowest BCUT2D eigenvalue weighted by Gasteiger charge is -2.23. The van der Waals surface area contributed by atoms with Gasteiger partial charge in [-0.3, -0.25) is 9.59 Å². The molecule has 0 fully saturated rings. The fourth-order valence-electron chi connectivity index (χ4n) is 2.76. The fourth-order valence-corrected chi connectivity index (χ4v) is 2.99. The van der Waals surface area contributed by atoms with Gasteiger partial charge in [0.05, 0.1) is 23.0 Å². The van der Waals surface area contributed by atoms with Gasteiger partial charge in [0, 0.05) is 26.9 Å². The van der Waals surface area contributed by atoms with Crippen LogP contribution in [-0.4, -0.2) is 27.7 Å². The Labute approximate surface area is 164 Å². The lowest BCUT2D eigenvalue weighted by molar-refractivity contribution is -0.118. The van der Waals surface area contributed by atoms with Crippen LogP contribution in [0.3, 0.4) is 0 Å². The molecule has 0 unspecified atom stereocenters. The van der Waals surface area contributed by atoms with Gasteiger partial charge < -0.3 is 16.8 Å². The highest BCUT2D eigenvalue weighted by molar-refractivity contribution is 6.34. The molecular weight excluding hydrogens is 373 g/mol. The van der Waals surface area contributed by atoms with Gasteiger partial charge in [0.25, 0.3) is 0 Å². The summed E-state index contributed by atoms with van der Waals surface area (Å²) in [4.78, 5) is 31.4. The number of hydrogen-bond donors (Lipinski definition) is 3. The monoisotopic (exact) mass is 397 g/mol. The maximum atomic E-state index is 15.2. The normalized spacial score (nSPS) is 13.2. The van der Waals surface area contributed by atoms with Gasteiger partial charge in [-0.1, -0.05) is 24.6 Å². The molecule has 0 aliphatic heterocycles. The molecule has 2 atom stereocenters. The van der Waals surface area contributed by atoms with Crippen LogP contribution in [0.1, 0.15) is 57.2 Å². The van der Waals surface area contributed by atoms with E-state index in [1.165, 1.54) is 24.5 Å². The average molecular weight is 398 g/mol. The van der Waals surface area contributed by atoms with Crippen LogP contribution in [0.4, 0.5) is 10.2 Å². The molecule has 27 heavy (non-hydrogen) atoms. The summed E-state index contributed by atoms with van der Waals surface area (Å²) in [5, 5.41) is 3.12. The van der Waals surface area contributed by atoms with Crippen molar-refractivity contribution in [1.29, 1.82) is 0 Å². The van der Waals surface area contributed by atoms with Crippen LogP contribution in [0.15, 0.2) is 24.5 Å². The molecule has 5 N–H and O–H groups in total. The van der Waals surface area contributed by atoms with Crippen molar-refractivity contribution in [3.05, 3.63) is 52.2 Å². The Morgan fingerprint density at radius 3 is 2.59 bits per heavy atom. The number of anilines is 1. The summed E-state index contributed by atoms with van der Waals surface area (Å²) in [6.07, 6.45) is 3.02. The number of nitrogen functional groups attached to an aromatic ring is 1. The number of rotatable bonds is 8. The molecule has 148 valence electrons. The number of carbonyl (C=O) groups excluding carboxylic acids is 2. The van der Waals surface area contributed by atoms with Crippen molar-refractivity contribution in [2.75, 3.05) is 5.73 Å². The van der Waals surface area contributed by atoms with Gasteiger partial charge in [-0.25, -0.2) is 14.4 Å². The van der Waals surface area contributed by atoms with Gasteiger partial charge in [0.1, 0.15) is 17.3 Å². The highest BCUT2D eigenvalue weighted by atomic mass is 35.5. The van der Waals surface area contributed by atoms with Crippen LogP contribution < -0.4 is 16.8 Å². The number of nitrogens with one attached hydrogen (secondary N) is 1. The third-order valence-corrected chi connectivity index (χ3v) is 4.34. The lowest BCUT2D eigenvalue weighted by Crippen LogP contribution is -2.34. The largest absolute Gasteiger partial charge is 0.382 e. The summed E-state index contributed by atoms with van der Waals surface area (Å²) < 4.78 is 15.2. The number of primary amides is 1. The van der Waals surface area contributed by atoms with E-state index in [1.54, 1.807) is 6.92 Å². The molecule has 7 nitrogen and oxygen atoms in total. The Hall–Kier alpha value is -2.58. The Morgan fingerprint density at radius 1 is 1.33 bits per heavy atom. The first kappa shape index (κ1) is 20.7. The summed E-state index contributed by atoms with van der Waals surface area (Å²) >= 11 is 6.08. The molecule has 2 rings (SSSR count). The number of benzene rings is 1. The maximum absolute atomic E-state index is 15.2. The molecule has 0 saturated carbocycles. The number of aromatic nitrogens is 2. The predicted molar refractivity (Wildman–Crippen MR) is 105 cm³/mol. The molecule has 2 aromatic rings. The maximum Gasteiger partial charge on any atom is 0.218 e. The minimum atomic E-state index is -0.739. The summed E-state index contributed by atoms with van der Waals surface area (Å²) in [7, 11) is 0. The minimum Gasteiger partial charge on any atom is -0.382 e. The number of halogens is 2. The quantitative estimate of drug-likeness (QED) is 0.588. The molecule has 1 amide bonds. The van der Waals surface area contributed by atoms with E-state index < -0.39 is 23.5 Å². The lowest BCUT2D eigenvalue weighted by atomic mass is 9.97. The molecule has 1 aromatic heterocycles. The molecule has 1 aromatic carbocycles. The molecule has 0 saturated heterocycles. The zero-order valence-corrected chi connectivity index (χ0v) is 15.8. The molecule has 0 aliphatic rings. The van der Waals surface area contributed by atoms with Crippen molar-refractivity contribution in [2.45, 2.75) is 38.8 Å². The summed E-state index contributed by atoms with van der Waals surface area (Å²) in [6.45, 7) is 3.63. The average Bonchev–Trinajstić information content (AvgIpc) is 2.60. The van der Waals surface area contributed by atoms with Gasteiger partial charge in [-0.15, -0.1) is 0 Å². The molecule has 0 spiro atoms. The van der Waals surface area contributed by atoms with E-state index in [-0.39, 0.29) is 43.0 Å². The predicted octanol–water partition coefficient (Wildman–Crippen LogP) is 2.88. The van der Waals surface area contributed by atoms with Crippen LogP contribution >= 0.6 is 11.6 Å². The van der Waals surface area contributed by atoms with Crippen LogP contribution in [0.5, 0.6) is 0 Å². The second-order valence-corrected chi connectivity index (χ2v) is 6.59. The summed E-state index contributed by atoms with van der Waals surface area (Å²) in [6, 6.07) is 2.28. The first-order valence-corrected chi connectivity index (χ1v) is 8.76. The third-order valence-electron chi connectivity index (χ3n) is 4.03. The van der Waals surface area contributed by atoms with Crippen molar-refractivity contribution in [2.24, 2.45) is 5.73 Å². The fraction of sp³-hybridized carbons (Fsp3) is 0.333. The molecule has 0 aliphatic carbocycles. The van der Waals surface area contributed by atoms with Crippen LogP contribution in [-0.2, 0) is 4.79 Å². The summed E-state index contributed by atoms with van der Waals surface area (Å²) in [5.74, 6) is -1.74. The number of nitrogens with two attached hydrogens (primary N) is 2. The highest BCUT2D eigenvalue weighted by Crippen LogP contribution is 2.29. The van der Waals surface area contributed by atoms with Gasteiger partial charge in [-0.05, 0) is 19.4 Å². The van der Waals surface area contributed by atoms with Crippen molar-refractivity contribution in [3.63, 3.8) is 0 Å². The van der Waals surface area contributed by atoms with Crippen LogP contribution in [0, 0.1) is 5.82 Å². The van der Waals surface area contributed by atoms with Crippen molar-refractivity contribution < 1.29 is 16.8 Å². The van der Waals surface area contributed by atoms with Gasteiger partial charge in [0.15, 0.2) is 0 Å². The first-order valence-electron chi connectivity index (χ1n) is 8.39. The molecular formula is C18H25ClFN5O2. The van der Waals surface area contributed by atoms with E-state index in [9.17, 15) is 9.59 Å². The van der Waals surface area contributed by atoms with E-state index >= 15 is 4.39 Å². The number of hydrogen-bond acceptors (Lipinski definition) is 6. The zero-order valence-electron chi connectivity index (χ0n) is 15.0. The zero-order chi connectivity index (χ0) is 20.1. The Balaban J connectivity index is 0.00000392. The van der Waals surface area contributed by atoms with E-state index in [1.807, 2.05) is 6.92 Å². The number of nitrogens with zero attached hydrogens (tertiary/aromatic N) is 2. The van der Waals surface area contributed by atoms with Crippen LogP contribution in [0.2, 0.25) is 5.02 Å². The summed E-state index contributed by atoms with van der Waals surface area (Å²) in [5.41, 5.74) is 10.6. The van der Waals surface area contributed by atoms with E-state index in [0.717, 1.165) is 0 Å². The van der Waals surface area contributed by atoms with Crippen molar-refractivity contribution in [3.8, 4) is 0 Å². The molecule has 1 heterocycles. The Bertz CT molecular complexity index is 855. The Kier molecular flexibility index (Phi) is 6.81. The first-order chi connectivity index (χ1) is 12.7. The van der Waals surface area contributed by atoms with Crippen LogP contribution in [0.25, 0.3) is 0 Å². The standard InChI is InChI=1S/C18H21ClFN5O2.2H2/c1-3-12(25-9(2)6-15(22)26)10-4-5-11(19)16(17(10)20)18(27)13-7-24-14(21)8-23-13;;/h4-5,7-9,12,25H,3,6H2,1-2H3,(H2,21,24)(H2,22,26);2*1H/t9-,12-;;/m1../s1. The SMILES string of the molecule is CC[C@@H](N[C@H](C)CC(N)=O)c1ccc(Cl)c(C(=O)c2cnc(N)cn2)c1F.[HH].[HH]. The van der Waals surface area contributed by atoms with Gasteiger partial charge >= 0.3 is 0 Å². The molecule has 0 radical (unpaired) electrons. The topological polar surface area (TPSA) is 124 Å². The number of ketones is 1. The van der Waals surface area contributed by atoms with Crippen molar-refractivity contribution >= 4 is 29.1 Å². The van der Waals surface area contributed by atoms with Gasteiger partial charge in [0.2, 0.25) is 11.7 Å². The minimum absolute atomic E-state index is 0. The van der Waals surface area contributed by atoms with E-state index in [0.29, 0.717) is 6.42 Å². The van der Waals surface area contributed by atoms with Crippen molar-refractivity contribution in [1.82, 2.24) is 15.3 Å². The Morgan fingerprint density at radius 2 is 2.04 bits per heavy atom. The smallest absolute Gasteiger partial charge is 0.218 e.